The van der Waals surface area contributed by atoms with Crippen LogP contribution in [0.3, 0.4) is 0 Å². The van der Waals surface area contributed by atoms with Crippen molar-refractivity contribution in [3.8, 4) is 0 Å². The van der Waals surface area contributed by atoms with Gasteiger partial charge in [-0.1, -0.05) is 0 Å². The number of piperidine rings is 1. The molecule has 2 saturated heterocycles. The first-order valence-electron chi connectivity index (χ1n) is 7.99. The van der Waals surface area contributed by atoms with Gasteiger partial charge in [-0.05, 0) is 44.4 Å². The van der Waals surface area contributed by atoms with Gasteiger partial charge in [-0.2, -0.15) is 0 Å². The van der Waals surface area contributed by atoms with Gasteiger partial charge in [0.15, 0.2) is 0 Å². The molecule has 2 aliphatic heterocycles. The Balaban J connectivity index is 1.81. The molecule has 124 valence electrons. The zero-order valence-corrected chi connectivity index (χ0v) is 13.2. The van der Waals surface area contributed by atoms with Crippen molar-refractivity contribution in [2.75, 3.05) is 24.5 Å². The Morgan fingerprint density at radius 1 is 1.26 bits per heavy atom. The Bertz CT molecular complexity index is 635. The molecule has 0 aromatic heterocycles. The van der Waals surface area contributed by atoms with Crippen LogP contribution in [0.2, 0.25) is 0 Å². The van der Waals surface area contributed by atoms with Gasteiger partial charge in [0.2, 0.25) is 5.91 Å². The van der Waals surface area contributed by atoms with Crippen LogP contribution in [0.4, 0.5) is 10.1 Å². The number of rotatable bonds is 2. The van der Waals surface area contributed by atoms with E-state index >= 15 is 0 Å². The van der Waals surface area contributed by atoms with Crippen molar-refractivity contribution in [1.29, 1.82) is 0 Å². The third-order valence-corrected chi connectivity index (χ3v) is 4.69. The van der Waals surface area contributed by atoms with Crippen LogP contribution < -0.4 is 4.90 Å². The first kappa shape index (κ1) is 15.9. The quantitative estimate of drug-likeness (QED) is 0.906. The van der Waals surface area contributed by atoms with Gasteiger partial charge >= 0.3 is 0 Å². The summed E-state index contributed by atoms with van der Waals surface area (Å²) in [5.74, 6) is -0.960. The third-order valence-electron chi connectivity index (χ3n) is 4.69. The van der Waals surface area contributed by atoms with Gasteiger partial charge in [0.05, 0.1) is 11.2 Å². The smallest absolute Gasteiger partial charge is 0.256 e. The van der Waals surface area contributed by atoms with E-state index in [1.54, 1.807) is 16.7 Å². The third kappa shape index (κ3) is 3.22. The van der Waals surface area contributed by atoms with E-state index in [4.69, 9.17) is 0 Å². The number of halogens is 1. The fraction of sp³-hybridized carbons (Fsp3) is 0.529. The molecule has 2 amide bonds. The highest BCUT2D eigenvalue weighted by Crippen LogP contribution is 2.27. The fourth-order valence-corrected chi connectivity index (χ4v) is 3.13. The SMILES string of the molecule is CC1(O)CCN(C(=O)c2cc(N3CCCC3=O)ccc2F)CC1. The summed E-state index contributed by atoms with van der Waals surface area (Å²) in [6.45, 7) is 3.15. The van der Waals surface area contributed by atoms with Gasteiger partial charge in [0.1, 0.15) is 5.82 Å². The first-order valence-corrected chi connectivity index (χ1v) is 7.99. The Hall–Kier alpha value is -1.95. The van der Waals surface area contributed by atoms with E-state index in [1.807, 2.05) is 0 Å². The number of hydrogen-bond acceptors (Lipinski definition) is 3. The minimum Gasteiger partial charge on any atom is -0.390 e. The van der Waals surface area contributed by atoms with Gasteiger partial charge < -0.3 is 14.9 Å². The summed E-state index contributed by atoms with van der Waals surface area (Å²) in [5, 5.41) is 9.96. The summed E-state index contributed by atoms with van der Waals surface area (Å²) in [6, 6.07) is 4.25. The lowest BCUT2D eigenvalue weighted by molar-refractivity contribution is -0.117. The Morgan fingerprint density at radius 2 is 1.96 bits per heavy atom. The average molecular weight is 320 g/mol. The van der Waals surface area contributed by atoms with Crippen molar-refractivity contribution in [3.63, 3.8) is 0 Å². The van der Waals surface area contributed by atoms with Gasteiger partial charge in [0, 0.05) is 31.7 Å². The van der Waals surface area contributed by atoms with Crippen molar-refractivity contribution in [3.05, 3.63) is 29.6 Å². The highest BCUT2D eigenvalue weighted by atomic mass is 19.1. The van der Waals surface area contributed by atoms with Crippen LogP contribution in [0.15, 0.2) is 18.2 Å². The number of nitrogens with zero attached hydrogens (tertiary/aromatic N) is 2. The highest BCUT2D eigenvalue weighted by molar-refractivity contribution is 5.99. The number of aliphatic hydroxyl groups is 1. The highest BCUT2D eigenvalue weighted by Gasteiger charge is 2.31. The molecule has 23 heavy (non-hydrogen) atoms. The topological polar surface area (TPSA) is 60.9 Å². The molecule has 2 heterocycles. The lowest BCUT2D eigenvalue weighted by Gasteiger charge is -2.36. The minimum absolute atomic E-state index is 0.00373. The molecule has 1 aromatic carbocycles. The summed E-state index contributed by atoms with van der Waals surface area (Å²) < 4.78 is 14.1. The fourth-order valence-electron chi connectivity index (χ4n) is 3.13. The molecule has 0 bridgehead atoms. The largest absolute Gasteiger partial charge is 0.390 e. The lowest BCUT2D eigenvalue weighted by Crippen LogP contribution is -2.45. The molecule has 0 aliphatic carbocycles. The molecule has 1 aromatic rings. The van der Waals surface area contributed by atoms with E-state index in [-0.39, 0.29) is 17.4 Å². The number of carbonyl (C=O) groups is 2. The van der Waals surface area contributed by atoms with E-state index in [0.717, 1.165) is 6.42 Å². The molecule has 3 rings (SSSR count). The first-order chi connectivity index (χ1) is 10.9. The van der Waals surface area contributed by atoms with Gasteiger partial charge in [-0.25, -0.2) is 4.39 Å². The second-order valence-corrected chi connectivity index (χ2v) is 6.60. The molecule has 0 unspecified atom stereocenters. The van der Waals surface area contributed by atoms with Crippen LogP contribution in [0.1, 0.15) is 43.0 Å². The van der Waals surface area contributed by atoms with Crippen LogP contribution in [-0.2, 0) is 4.79 Å². The van der Waals surface area contributed by atoms with Crippen LogP contribution in [-0.4, -0.2) is 47.1 Å². The van der Waals surface area contributed by atoms with E-state index in [1.165, 1.54) is 18.2 Å². The molecule has 0 spiro atoms. The number of likely N-dealkylation sites (tertiary alicyclic amines) is 1. The molecule has 2 fully saturated rings. The number of anilines is 1. The van der Waals surface area contributed by atoms with E-state index in [2.05, 4.69) is 0 Å². The van der Waals surface area contributed by atoms with Crippen molar-refractivity contribution in [1.82, 2.24) is 4.90 Å². The number of carbonyl (C=O) groups excluding carboxylic acids is 2. The van der Waals surface area contributed by atoms with Crippen molar-refractivity contribution in [2.24, 2.45) is 0 Å². The molecular weight excluding hydrogens is 299 g/mol. The van der Waals surface area contributed by atoms with Crippen LogP contribution >= 0.6 is 0 Å². The van der Waals surface area contributed by atoms with Crippen molar-refractivity contribution < 1.29 is 19.1 Å². The normalized spacial score (nSPS) is 20.9. The van der Waals surface area contributed by atoms with E-state index in [9.17, 15) is 19.1 Å². The molecule has 0 atom stereocenters. The predicted octanol–water partition coefficient (Wildman–Crippen LogP) is 1.94. The van der Waals surface area contributed by atoms with Crippen molar-refractivity contribution in [2.45, 2.75) is 38.2 Å². The molecule has 2 aliphatic rings. The number of amides is 2. The number of hydrogen-bond donors (Lipinski definition) is 1. The Labute approximate surface area is 134 Å². The van der Waals surface area contributed by atoms with Crippen LogP contribution in [0, 0.1) is 5.82 Å². The zero-order chi connectivity index (χ0) is 16.6. The minimum atomic E-state index is -0.765. The average Bonchev–Trinajstić information content (AvgIpc) is 2.93. The van der Waals surface area contributed by atoms with Crippen molar-refractivity contribution >= 4 is 17.5 Å². The molecule has 5 nitrogen and oxygen atoms in total. The lowest BCUT2D eigenvalue weighted by atomic mass is 9.93. The van der Waals surface area contributed by atoms with Crippen LogP contribution in [0.5, 0.6) is 0 Å². The van der Waals surface area contributed by atoms with Gasteiger partial charge in [-0.3, -0.25) is 9.59 Å². The second-order valence-electron chi connectivity index (χ2n) is 6.60. The molecule has 0 radical (unpaired) electrons. The zero-order valence-electron chi connectivity index (χ0n) is 13.2. The van der Waals surface area contributed by atoms with E-state index in [0.29, 0.717) is 44.6 Å². The maximum atomic E-state index is 14.1. The molecule has 0 saturated carbocycles. The maximum Gasteiger partial charge on any atom is 0.256 e. The van der Waals surface area contributed by atoms with Crippen LogP contribution in [0.25, 0.3) is 0 Å². The molecular formula is C17H21FN2O3. The predicted molar refractivity (Wildman–Crippen MR) is 83.7 cm³/mol. The monoisotopic (exact) mass is 320 g/mol. The molecule has 6 heteroatoms. The summed E-state index contributed by atoms with van der Waals surface area (Å²) in [7, 11) is 0. The van der Waals surface area contributed by atoms with E-state index < -0.39 is 11.4 Å². The summed E-state index contributed by atoms with van der Waals surface area (Å²) >= 11 is 0. The summed E-state index contributed by atoms with van der Waals surface area (Å²) in [4.78, 5) is 27.6. The Morgan fingerprint density at radius 3 is 2.57 bits per heavy atom. The summed E-state index contributed by atoms with van der Waals surface area (Å²) in [5.41, 5.74) is -0.205. The molecule has 1 N–H and O–H groups in total. The second kappa shape index (κ2) is 5.92. The number of benzene rings is 1. The Kier molecular flexibility index (Phi) is 4.10. The van der Waals surface area contributed by atoms with Gasteiger partial charge in [-0.15, -0.1) is 0 Å². The summed E-state index contributed by atoms with van der Waals surface area (Å²) in [6.07, 6.45) is 2.22. The maximum absolute atomic E-state index is 14.1. The standard InChI is InChI=1S/C17H21FN2O3/c1-17(23)6-9-19(10-7-17)16(22)13-11-12(4-5-14(13)18)20-8-2-3-15(20)21/h4-5,11,23H,2-3,6-10H2,1H3. The van der Waals surface area contributed by atoms with Gasteiger partial charge in [0.25, 0.3) is 5.91 Å².